The lowest BCUT2D eigenvalue weighted by atomic mass is 10.2. The Morgan fingerprint density at radius 1 is 1.50 bits per heavy atom. The van der Waals surface area contributed by atoms with Crippen LogP contribution in [0.3, 0.4) is 0 Å². The second-order valence-electron chi connectivity index (χ2n) is 4.11. The summed E-state index contributed by atoms with van der Waals surface area (Å²) >= 11 is 7.77. The van der Waals surface area contributed by atoms with Gasteiger partial charge in [-0.2, -0.15) is 0 Å². The normalized spacial score (nSPS) is 10.6. The minimum atomic E-state index is -0.497. The van der Waals surface area contributed by atoms with Crippen LogP contribution in [0, 0.1) is 20.6 Å². The zero-order chi connectivity index (χ0) is 14.9. The van der Waals surface area contributed by atoms with Crippen molar-refractivity contribution in [1.82, 2.24) is 9.55 Å². The van der Waals surface area contributed by atoms with Crippen molar-refractivity contribution >= 4 is 39.9 Å². The van der Waals surface area contributed by atoms with Gasteiger partial charge in [-0.3, -0.25) is 19.5 Å². The SMILES string of the molecule is Cc1ncn(Cc2cc(Cl)ccc2[N+](=O)[O-])c(=O)c1I. The van der Waals surface area contributed by atoms with Crippen molar-refractivity contribution in [3.8, 4) is 0 Å². The van der Waals surface area contributed by atoms with Crippen molar-refractivity contribution in [3.63, 3.8) is 0 Å². The quantitative estimate of drug-likeness (QED) is 0.447. The minimum Gasteiger partial charge on any atom is -0.294 e. The highest BCUT2D eigenvalue weighted by atomic mass is 127. The van der Waals surface area contributed by atoms with Crippen LogP contribution >= 0.6 is 34.2 Å². The lowest BCUT2D eigenvalue weighted by Crippen LogP contribution is -2.24. The van der Waals surface area contributed by atoms with Gasteiger partial charge in [0.15, 0.2) is 0 Å². The molecule has 1 aromatic heterocycles. The molecule has 0 aliphatic rings. The van der Waals surface area contributed by atoms with E-state index in [9.17, 15) is 14.9 Å². The maximum atomic E-state index is 12.1. The molecular formula is C12H9ClIN3O3. The fraction of sp³-hybridized carbons (Fsp3) is 0.167. The summed E-state index contributed by atoms with van der Waals surface area (Å²) in [6.07, 6.45) is 1.38. The van der Waals surface area contributed by atoms with Gasteiger partial charge in [0.05, 0.1) is 32.6 Å². The largest absolute Gasteiger partial charge is 0.294 e. The third-order valence-corrected chi connectivity index (χ3v) is 4.21. The van der Waals surface area contributed by atoms with Gasteiger partial charge in [0.2, 0.25) is 0 Å². The average Bonchev–Trinajstić information content (AvgIpc) is 2.39. The molecule has 0 aliphatic carbocycles. The summed E-state index contributed by atoms with van der Waals surface area (Å²) in [5.41, 5.74) is 0.697. The predicted molar refractivity (Wildman–Crippen MR) is 83.2 cm³/mol. The average molecular weight is 406 g/mol. The summed E-state index contributed by atoms with van der Waals surface area (Å²) in [6.45, 7) is 1.79. The molecule has 0 saturated heterocycles. The van der Waals surface area contributed by atoms with Crippen molar-refractivity contribution in [2.24, 2.45) is 0 Å². The Morgan fingerprint density at radius 2 is 2.20 bits per heavy atom. The van der Waals surface area contributed by atoms with Crippen LogP contribution in [0.15, 0.2) is 29.3 Å². The van der Waals surface area contributed by atoms with Gasteiger partial charge < -0.3 is 0 Å². The van der Waals surface area contributed by atoms with Crippen molar-refractivity contribution in [2.75, 3.05) is 0 Å². The van der Waals surface area contributed by atoms with Gasteiger partial charge in [-0.05, 0) is 41.6 Å². The van der Waals surface area contributed by atoms with Crippen molar-refractivity contribution in [3.05, 3.63) is 64.8 Å². The molecule has 0 spiro atoms. The number of aromatic nitrogens is 2. The first-order valence-electron chi connectivity index (χ1n) is 5.54. The Balaban J connectivity index is 2.50. The molecule has 2 rings (SSSR count). The van der Waals surface area contributed by atoms with E-state index in [0.29, 0.717) is 19.9 Å². The molecular weight excluding hydrogens is 397 g/mol. The van der Waals surface area contributed by atoms with E-state index in [0.717, 1.165) is 0 Å². The van der Waals surface area contributed by atoms with Gasteiger partial charge in [-0.1, -0.05) is 11.6 Å². The molecule has 0 radical (unpaired) electrons. The van der Waals surface area contributed by atoms with E-state index in [4.69, 9.17) is 11.6 Å². The second-order valence-corrected chi connectivity index (χ2v) is 5.62. The summed E-state index contributed by atoms with van der Waals surface area (Å²) in [7, 11) is 0. The first-order valence-corrected chi connectivity index (χ1v) is 7.00. The fourth-order valence-corrected chi connectivity index (χ4v) is 2.35. The Labute approximate surface area is 132 Å². The molecule has 0 bridgehead atoms. The highest BCUT2D eigenvalue weighted by molar-refractivity contribution is 14.1. The number of halogens is 2. The van der Waals surface area contributed by atoms with E-state index >= 15 is 0 Å². The van der Waals surface area contributed by atoms with E-state index in [1.807, 2.05) is 22.6 Å². The number of hydrogen-bond donors (Lipinski definition) is 0. The molecule has 8 heteroatoms. The van der Waals surface area contributed by atoms with Gasteiger partial charge in [-0.25, -0.2) is 4.98 Å². The Morgan fingerprint density at radius 3 is 2.85 bits per heavy atom. The number of rotatable bonds is 3. The molecule has 20 heavy (non-hydrogen) atoms. The van der Waals surface area contributed by atoms with Crippen LogP contribution in [0.25, 0.3) is 0 Å². The molecule has 0 fully saturated rings. The van der Waals surface area contributed by atoms with E-state index in [-0.39, 0.29) is 17.8 Å². The summed E-state index contributed by atoms with van der Waals surface area (Å²) < 4.78 is 1.82. The van der Waals surface area contributed by atoms with Crippen LogP contribution in [0.4, 0.5) is 5.69 Å². The van der Waals surface area contributed by atoms with Gasteiger partial charge in [0, 0.05) is 11.1 Å². The molecule has 0 atom stereocenters. The second kappa shape index (κ2) is 5.88. The molecule has 0 unspecified atom stereocenters. The topological polar surface area (TPSA) is 78.0 Å². The smallest absolute Gasteiger partial charge is 0.274 e. The molecule has 2 aromatic rings. The number of nitrogens with zero attached hydrogens (tertiary/aromatic N) is 3. The van der Waals surface area contributed by atoms with E-state index in [1.165, 1.54) is 29.1 Å². The van der Waals surface area contributed by atoms with Gasteiger partial charge in [-0.15, -0.1) is 0 Å². The van der Waals surface area contributed by atoms with Crippen LogP contribution in [0.1, 0.15) is 11.3 Å². The lowest BCUT2D eigenvalue weighted by Gasteiger charge is -2.08. The monoisotopic (exact) mass is 405 g/mol. The lowest BCUT2D eigenvalue weighted by molar-refractivity contribution is -0.385. The molecule has 0 aliphatic heterocycles. The number of aryl methyl sites for hydroxylation is 1. The molecule has 0 amide bonds. The number of benzene rings is 1. The van der Waals surface area contributed by atoms with E-state index in [1.54, 1.807) is 6.92 Å². The predicted octanol–water partition coefficient (Wildman–Crippen LogP) is 2.77. The molecule has 6 nitrogen and oxygen atoms in total. The number of nitro benzene ring substituents is 1. The highest BCUT2D eigenvalue weighted by Crippen LogP contribution is 2.23. The Bertz CT molecular complexity index is 745. The Hall–Kier alpha value is -1.48. The van der Waals surface area contributed by atoms with E-state index < -0.39 is 4.92 Å². The minimum absolute atomic E-state index is 0.0546. The first kappa shape index (κ1) is 14.9. The molecule has 0 saturated carbocycles. The van der Waals surface area contributed by atoms with Crippen LogP contribution in [-0.4, -0.2) is 14.5 Å². The first-order chi connectivity index (χ1) is 9.40. The van der Waals surface area contributed by atoms with Crippen molar-refractivity contribution in [2.45, 2.75) is 13.5 Å². The standard InChI is InChI=1S/C12H9ClIN3O3/c1-7-11(14)12(18)16(6-15-7)5-8-4-9(13)2-3-10(8)17(19)20/h2-4,6H,5H2,1H3. The van der Waals surface area contributed by atoms with Crippen molar-refractivity contribution < 1.29 is 4.92 Å². The van der Waals surface area contributed by atoms with Crippen molar-refractivity contribution in [1.29, 1.82) is 0 Å². The van der Waals surface area contributed by atoms with E-state index in [2.05, 4.69) is 4.98 Å². The third kappa shape index (κ3) is 2.98. The third-order valence-electron chi connectivity index (χ3n) is 2.74. The van der Waals surface area contributed by atoms with Crippen LogP contribution in [0.2, 0.25) is 5.02 Å². The fourth-order valence-electron chi connectivity index (χ4n) is 1.70. The highest BCUT2D eigenvalue weighted by Gasteiger charge is 2.15. The van der Waals surface area contributed by atoms with Gasteiger partial charge in [0.25, 0.3) is 11.2 Å². The van der Waals surface area contributed by atoms with Crippen LogP contribution in [0.5, 0.6) is 0 Å². The van der Waals surface area contributed by atoms with Gasteiger partial charge in [0.1, 0.15) is 0 Å². The summed E-state index contributed by atoms with van der Waals surface area (Å²) in [5, 5.41) is 11.4. The molecule has 1 heterocycles. The maximum absolute atomic E-state index is 12.1. The summed E-state index contributed by atoms with van der Waals surface area (Å²) in [5.74, 6) is 0. The molecule has 1 aromatic carbocycles. The molecule has 104 valence electrons. The molecule has 0 N–H and O–H groups in total. The van der Waals surface area contributed by atoms with Crippen LogP contribution in [-0.2, 0) is 6.54 Å². The maximum Gasteiger partial charge on any atom is 0.274 e. The summed E-state index contributed by atoms with van der Waals surface area (Å²) in [6, 6.07) is 4.26. The number of nitro groups is 1. The Kier molecular flexibility index (Phi) is 4.39. The zero-order valence-electron chi connectivity index (χ0n) is 10.3. The number of hydrogen-bond acceptors (Lipinski definition) is 4. The summed E-state index contributed by atoms with van der Waals surface area (Å²) in [4.78, 5) is 26.6. The zero-order valence-corrected chi connectivity index (χ0v) is 13.3. The van der Waals surface area contributed by atoms with Crippen LogP contribution < -0.4 is 5.56 Å². The van der Waals surface area contributed by atoms with Gasteiger partial charge >= 0.3 is 0 Å².